The Morgan fingerprint density at radius 2 is 2.00 bits per heavy atom. The number of fused-ring (bicyclic) bond motifs is 1. The van der Waals surface area contributed by atoms with Crippen molar-refractivity contribution in [3.63, 3.8) is 0 Å². The maximum Gasteiger partial charge on any atom is 0.225 e. The number of allylic oxidation sites excluding steroid dienone is 1. The summed E-state index contributed by atoms with van der Waals surface area (Å²) in [6, 6.07) is 2.42. The number of rotatable bonds is 4. The Bertz CT molecular complexity index is 752. The third-order valence-electron chi connectivity index (χ3n) is 4.08. The third-order valence-corrected chi connectivity index (χ3v) is 4.98. The van der Waals surface area contributed by atoms with Gasteiger partial charge >= 0.3 is 0 Å². The van der Waals surface area contributed by atoms with Crippen molar-refractivity contribution in [2.24, 2.45) is 16.5 Å². The Kier molecular flexibility index (Phi) is 5.30. The molecule has 0 unspecified atom stereocenters. The van der Waals surface area contributed by atoms with Crippen molar-refractivity contribution in [3.8, 4) is 0 Å². The predicted octanol–water partition coefficient (Wildman–Crippen LogP) is 3.68. The zero-order valence-electron chi connectivity index (χ0n) is 14.0. The van der Waals surface area contributed by atoms with Crippen molar-refractivity contribution < 1.29 is 0 Å². The van der Waals surface area contributed by atoms with E-state index in [-0.39, 0.29) is 0 Å². The lowest BCUT2D eigenvalue weighted by molar-refractivity contribution is 0.615. The van der Waals surface area contributed by atoms with Gasteiger partial charge in [0.25, 0.3) is 0 Å². The summed E-state index contributed by atoms with van der Waals surface area (Å²) in [4.78, 5) is 13.7. The van der Waals surface area contributed by atoms with Gasteiger partial charge < -0.3 is 16.8 Å². The fraction of sp³-hybridized carbons (Fsp3) is 0.471. The molecule has 24 heavy (non-hydrogen) atoms. The molecule has 0 atom stereocenters. The van der Waals surface area contributed by atoms with Crippen LogP contribution in [0.3, 0.4) is 0 Å². The normalized spacial score (nSPS) is 17.9. The van der Waals surface area contributed by atoms with Crippen LogP contribution in [0.2, 0.25) is 0 Å². The highest BCUT2D eigenvalue weighted by Gasteiger charge is 2.15. The van der Waals surface area contributed by atoms with E-state index in [0.717, 1.165) is 10.2 Å². The highest BCUT2D eigenvalue weighted by molar-refractivity contribution is 7.17. The van der Waals surface area contributed by atoms with E-state index in [9.17, 15) is 0 Å². The highest BCUT2D eigenvalue weighted by atomic mass is 32.1. The summed E-state index contributed by atoms with van der Waals surface area (Å²) in [5.41, 5.74) is 13.1. The molecular formula is C17H24N6S. The maximum absolute atomic E-state index is 5.94. The first-order valence-corrected chi connectivity index (χ1v) is 9.29. The molecular weight excluding hydrogens is 320 g/mol. The van der Waals surface area contributed by atoms with Crippen molar-refractivity contribution in [3.05, 3.63) is 23.2 Å². The third kappa shape index (κ3) is 4.23. The second-order valence-corrected chi connectivity index (χ2v) is 7.18. The standard InChI is InChI=1S/C17H24N6S/c1-11(18)10-14(19)22-16-15-13(8-9-24-15)21-17(23-16)20-12-6-4-2-3-5-7-12/h8-10,12H,2-7,18H2,1H3,(H3,19,20,21,22,23)/b11-10-. The molecule has 0 aliphatic heterocycles. The van der Waals surface area contributed by atoms with E-state index in [1.165, 1.54) is 38.5 Å². The quantitative estimate of drug-likeness (QED) is 0.446. The first-order chi connectivity index (χ1) is 11.6. The molecule has 0 radical (unpaired) electrons. The summed E-state index contributed by atoms with van der Waals surface area (Å²) in [6.07, 6.45) is 9.13. The van der Waals surface area contributed by atoms with Gasteiger partial charge in [0.15, 0.2) is 5.82 Å². The number of hydrogen-bond donors (Lipinski definition) is 3. The summed E-state index contributed by atoms with van der Waals surface area (Å²) < 4.78 is 0.937. The van der Waals surface area contributed by atoms with Crippen molar-refractivity contribution in [1.29, 1.82) is 0 Å². The molecule has 7 heteroatoms. The van der Waals surface area contributed by atoms with Crippen LogP contribution in [0.25, 0.3) is 10.2 Å². The molecule has 1 aliphatic carbocycles. The monoisotopic (exact) mass is 344 g/mol. The number of thiophene rings is 1. The van der Waals surface area contributed by atoms with Gasteiger partial charge in [-0.3, -0.25) is 0 Å². The van der Waals surface area contributed by atoms with Gasteiger partial charge in [0.2, 0.25) is 5.95 Å². The minimum absolute atomic E-state index is 0.351. The number of nitrogens with one attached hydrogen (secondary N) is 1. The summed E-state index contributed by atoms with van der Waals surface area (Å²) in [5.74, 6) is 1.58. The van der Waals surface area contributed by atoms with Crippen LogP contribution in [0, 0.1) is 0 Å². The summed E-state index contributed by atoms with van der Waals surface area (Å²) in [6.45, 7) is 1.78. The molecule has 0 bridgehead atoms. The first kappa shape index (κ1) is 16.7. The Morgan fingerprint density at radius 3 is 2.71 bits per heavy atom. The number of aliphatic imine (C=N–C) groups is 1. The largest absolute Gasteiger partial charge is 0.402 e. The minimum Gasteiger partial charge on any atom is -0.402 e. The van der Waals surface area contributed by atoms with E-state index in [0.29, 0.717) is 29.3 Å². The lowest BCUT2D eigenvalue weighted by Gasteiger charge is -2.16. The Balaban J connectivity index is 1.90. The number of aromatic nitrogens is 2. The van der Waals surface area contributed by atoms with Gasteiger partial charge in [0.05, 0.1) is 10.2 Å². The van der Waals surface area contributed by atoms with Crippen LogP contribution in [-0.4, -0.2) is 21.8 Å². The first-order valence-electron chi connectivity index (χ1n) is 8.41. The highest BCUT2D eigenvalue weighted by Crippen LogP contribution is 2.30. The number of amidine groups is 1. The molecule has 1 saturated carbocycles. The van der Waals surface area contributed by atoms with Crippen molar-refractivity contribution >= 4 is 39.2 Å². The van der Waals surface area contributed by atoms with Crippen LogP contribution < -0.4 is 16.8 Å². The van der Waals surface area contributed by atoms with Crippen LogP contribution >= 0.6 is 11.3 Å². The van der Waals surface area contributed by atoms with Gasteiger partial charge in [-0.25, -0.2) is 9.98 Å². The minimum atomic E-state index is 0.351. The molecule has 6 nitrogen and oxygen atoms in total. The molecule has 0 amide bonds. The summed E-state index contributed by atoms with van der Waals surface area (Å²) in [7, 11) is 0. The number of anilines is 1. The number of nitrogens with zero attached hydrogens (tertiary/aromatic N) is 3. The van der Waals surface area contributed by atoms with Gasteiger partial charge in [-0.15, -0.1) is 11.3 Å². The maximum atomic E-state index is 5.94. The molecule has 2 heterocycles. The van der Waals surface area contributed by atoms with E-state index < -0.39 is 0 Å². The van der Waals surface area contributed by atoms with Crippen molar-refractivity contribution in [2.75, 3.05) is 5.32 Å². The topological polar surface area (TPSA) is 102 Å². The van der Waals surface area contributed by atoms with Crippen LogP contribution in [0.15, 0.2) is 28.2 Å². The Morgan fingerprint density at radius 1 is 1.25 bits per heavy atom. The average Bonchev–Trinajstić information content (AvgIpc) is 2.84. The fourth-order valence-corrected chi connectivity index (χ4v) is 3.75. The van der Waals surface area contributed by atoms with Crippen molar-refractivity contribution in [1.82, 2.24) is 9.97 Å². The van der Waals surface area contributed by atoms with E-state index >= 15 is 0 Å². The second kappa shape index (κ2) is 7.61. The summed E-state index contributed by atoms with van der Waals surface area (Å²) in [5, 5.41) is 5.48. The molecule has 3 rings (SSSR count). The molecule has 2 aromatic rings. The Hall–Kier alpha value is -2.15. The fourth-order valence-electron chi connectivity index (χ4n) is 2.98. The SMILES string of the molecule is C/C(N)=C/C(N)=Nc1nc(NC2CCCCCC2)nc2ccsc12. The molecule has 0 aromatic carbocycles. The molecule has 1 fully saturated rings. The molecule has 2 aromatic heterocycles. The average molecular weight is 344 g/mol. The van der Waals surface area contributed by atoms with Crippen LogP contribution in [-0.2, 0) is 0 Å². The second-order valence-electron chi connectivity index (χ2n) is 6.26. The zero-order valence-corrected chi connectivity index (χ0v) is 14.8. The number of hydrogen-bond acceptors (Lipinski definition) is 6. The van der Waals surface area contributed by atoms with E-state index in [4.69, 9.17) is 11.5 Å². The van der Waals surface area contributed by atoms with E-state index in [1.807, 2.05) is 11.4 Å². The van der Waals surface area contributed by atoms with Gasteiger partial charge in [-0.05, 0) is 37.3 Å². The van der Waals surface area contributed by atoms with Crippen molar-refractivity contribution in [2.45, 2.75) is 51.5 Å². The lowest BCUT2D eigenvalue weighted by atomic mass is 10.1. The predicted molar refractivity (Wildman–Crippen MR) is 102 cm³/mol. The van der Waals surface area contributed by atoms with Crippen LogP contribution in [0.4, 0.5) is 11.8 Å². The van der Waals surface area contributed by atoms with E-state index in [1.54, 1.807) is 24.3 Å². The molecule has 5 N–H and O–H groups in total. The molecule has 128 valence electrons. The zero-order chi connectivity index (χ0) is 16.9. The lowest BCUT2D eigenvalue weighted by Crippen LogP contribution is -2.20. The Labute approximate surface area is 146 Å². The van der Waals surface area contributed by atoms with Crippen LogP contribution in [0.5, 0.6) is 0 Å². The van der Waals surface area contributed by atoms with Gasteiger partial charge in [0.1, 0.15) is 5.84 Å². The van der Waals surface area contributed by atoms with Gasteiger partial charge in [-0.2, -0.15) is 4.98 Å². The van der Waals surface area contributed by atoms with Crippen LogP contribution in [0.1, 0.15) is 45.4 Å². The van der Waals surface area contributed by atoms with E-state index in [2.05, 4.69) is 20.3 Å². The molecule has 1 aliphatic rings. The smallest absolute Gasteiger partial charge is 0.225 e. The van der Waals surface area contributed by atoms with Gasteiger partial charge in [0, 0.05) is 11.7 Å². The summed E-state index contributed by atoms with van der Waals surface area (Å²) >= 11 is 1.57. The molecule has 0 saturated heterocycles. The number of nitrogens with two attached hydrogens (primary N) is 2. The molecule has 0 spiro atoms. The van der Waals surface area contributed by atoms with Gasteiger partial charge in [-0.1, -0.05) is 25.7 Å².